The molecule has 4 rings (SSSR count). The van der Waals surface area contributed by atoms with Crippen LogP contribution in [0, 0.1) is 7.14 Å². The van der Waals surface area contributed by atoms with Gasteiger partial charge in [-0.15, -0.1) is 0 Å². The molecule has 0 atom stereocenters. The third-order valence-electron chi connectivity index (χ3n) is 4.05. The molecule has 0 unspecified atom stereocenters. The molecule has 1 aromatic heterocycles. The van der Waals surface area contributed by atoms with Crippen molar-refractivity contribution in [3.63, 3.8) is 0 Å². The molecule has 24 heavy (non-hydrogen) atoms. The highest BCUT2D eigenvalue weighted by Gasteiger charge is 2.12. The molecule has 0 bridgehead atoms. The fourth-order valence-electron chi connectivity index (χ4n) is 3.02. The minimum atomic E-state index is 0.867. The number of aromatic nitrogens is 1. The second-order valence-corrected chi connectivity index (χ2v) is 7.99. The highest BCUT2D eigenvalue weighted by atomic mass is 127. The molecule has 3 nitrogen and oxygen atoms in total. The standard InChI is InChI=1S/C19H12I2N2O/c20-13-3-7-16-17-8-4-14(21)10-19(17)23(18(16)9-13)15-5-1-12(2-6-15)11-22-24/h1-11,24H/b22-11+. The van der Waals surface area contributed by atoms with Gasteiger partial charge in [-0.25, -0.2) is 0 Å². The Kier molecular flexibility index (Phi) is 4.21. The minimum Gasteiger partial charge on any atom is -0.411 e. The van der Waals surface area contributed by atoms with Gasteiger partial charge in [-0.1, -0.05) is 29.4 Å². The van der Waals surface area contributed by atoms with Crippen LogP contribution in [0.15, 0.2) is 65.8 Å². The van der Waals surface area contributed by atoms with Crippen molar-refractivity contribution in [1.29, 1.82) is 0 Å². The molecule has 1 heterocycles. The van der Waals surface area contributed by atoms with Crippen LogP contribution in [-0.2, 0) is 0 Å². The zero-order chi connectivity index (χ0) is 16.7. The van der Waals surface area contributed by atoms with Gasteiger partial charge < -0.3 is 9.77 Å². The monoisotopic (exact) mass is 538 g/mol. The van der Waals surface area contributed by atoms with Crippen LogP contribution >= 0.6 is 45.2 Å². The molecule has 0 amide bonds. The van der Waals surface area contributed by atoms with Gasteiger partial charge in [0.25, 0.3) is 0 Å². The number of hydrogen-bond donors (Lipinski definition) is 1. The van der Waals surface area contributed by atoms with Crippen molar-refractivity contribution in [3.05, 3.63) is 73.4 Å². The molecule has 5 heteroatoms. The van der Waals surface area contributed by atoms with Crippen LogP contribution in [0.1, 0.15) is 5.56 Å². The number of rotatable bonds is 2. The third kappa shape index (κ3) is 2.69. The molecule has 0 spiro atoms. The Labute approximate surface area is 166 Å². The van der Waals surface area contributed by atoms with E-state index < -0.39 is 0 Å². The van der Waals surface area contributed by atoms with E-state index in [1.54, 1.807) is 0 Å². The SMILES string of the molecule is O/N=C/c1ccc(-n2c3cc(I)ccc3c3ccc(I)cc32)cc1. The number of hydrogen-bond acceptors (Lipinski definition) is 2. The maximum atomic E-state index is 8.68. The predicted molar refractivity (Wildman–Crippen MR) is 116 cm³/mol. The van der Waals surface area contributed by atoms with Crippen LogP contribution in [0.3, 0.4) is 0 Å². The maximum absolute atomic E-state index is 8.68. The van der Waals surface area contributed by atoms with E-state index in [1.807, 2.05) is 12.1 Å². The van der Waals surface area contributed by atoms with Gasteiger partial charge in [-0.05, 0) is 87.1 Å². The molecule has 0 saturated heterocycles. The lowest BCUT2D eigenvalue weighted by Crippen LogP contribution is -1.95. The molecule has 0 aliphatic rings. The van der Waals surface area contributed by atoms with Crippen LogP contribution < -0.4 is 0 Å². The van der Waals surface area contributed by atoms with Gasteiger partial charge in [0, 0.05) is 23.6 Å². The Hall–Kier alpha value is -1.61. The van der Waals surface area contributed by atoms with E-state index in [1.165, 1.54) is 35.2 Å². The Morgan fingerprint density at radius 3 is 1.83 bits per heavy atom. The summed E-state index contributed by atoms with van der Waals surface area (Å²) >= 11 is 4.70. The Balaban J connectivity index is 2.07. The summed E-state index contributed by atoms with van der Waals surface area (Å²) in [6.45, 7) is 0. The summed E-state index contributed by atoms with van der Waals surface area (Å²) in [7, 11) is 0. The molecule has 118 valence electrons. The molecule has 1 N–H and O–H groups in total. The van der Waals surface area contributed by atoms with E-state index >= 15 is 0 Å². The van der Waals surface area contributed by atoms with Gasteiger partial charge in [0.2, 0.25) is 0 Å². The lowest BCUT2D eigenvalue weighted by atomic mass is 10.2. The Morgan fingerprint density at radius 2 is 1.33 bits per heavy atom. The molecule has 0 fully saturated rings. The number of halogens is 2. The van der Waals surface area contributed by atoms with E-state index in [2.05, 4.69) is 103 Å². The first-order valence-electron chi connectivity index (χ1n) is 7.34. The van der Waals surface area contributed by atoms with E-state index in [0.717, 1.165) is 11.3 Å². The molecular weight excluding hydrogens is 526 g/mol. The summed E-state index contributed by atoms with van der Waals surface area (Å²) in [6, 6.07) is 21.1. The fraction of sp³-hybridized carbons (Fsp3) is 0. The Bertz CT molecular complexity index is 1020. The molecular formula is C19H12I2N2O. The van der Waals surface area contributed by atoms with Crippen LogP contribution in [0.4, 0.5) is 0 Å². The fourth-order valence-corrected chi connectivity index (χ4v) is 3.97. The summed E-state index contributed by atoms with van der Waals surface area (Å²) < 4.78 is 4.71. The highest BCUT2D eigenvalue weighted by molar-refractivity contribution is 14.1. The second-order valence-electron chi connectivity index (χ2n) is 5.49. The topological polar surface area (TPSA) is 37.5 Å². The first-order valence-corrected chi connectivity index (χ1v) is 9.50. The van der Waals surface area contributed by atoms with E-state index in [9.17, 15) is 0 Å². The van der Waals surface area contributed by atoms with Crippen molar-refractivity contribution in [2.24, 2.45) is 5.16 Å². The third-order valence-corrected chi connectivity index (χ3v) is 5.39. The van der Waals surface area contributed by atoms with Gasteiger partial charge in [0.1, 0.15) is 0 Å². The van der Waals surface area contributed by atoms with Gasteiger partial charge in [0.05, 0.1) is 17.2 Å². The summed E-state index contributed by atoms with van der Waals surface area (Å²) in [5.74, 6) is 0. The molecule has 3 aromatic carbocycles. The number of benzene rings is 3. The molecule has 0 aliphatic heterocycles. The first-order chi connectivity index (χ1) is 11.7. The van der Waals surface area contributed by atoms with E-state index in [4.69, 9.17) is 5.21 Å². The van der Waals surface area contributed by atoms with Crippen LogP contribution in [-0.4, -0.2) is 16.0 Å². The summed E-state index contributed by atoms with van der Waals surface area (Å²) in [5.41, 5.74) is 4.35. The smallest absolute Gasteiger partial charge is 0.0733 e. The molecule has 0 radical (unpaired) electrons. The second kappa shape index (κ2) is 6.36. The number of fused-ring (bicyclic) bond motifs is 3. The normalized spacial score (nSPS) is 11.8. The minimum absolute atomic E-state index is 0.867. The van der Waals surface area contributed by atoms with Crippen molar-refractivity contribution in [1.82, 2.24) is 4.57 Å². The van der Waals surface area contributed by atoms with Gasteiger partial charge in [-0.3, -0.25) is 0 Å². The number of oxime groups is 1. The quantitative estimate of drug-likeness (QED) is 0.149. The molecule has 0 saturated carbocycles. The molecule has 4 aromatic rings. The zero-order valence-corrected chi connectivity index (χ0v) is 16.8. The lowest BCUT2D eigenvalue weighted by Gasteiger charge is -2.08. The van der Waals surface area contributed by atoms with Gasteiger partial charge >= 0.3 is 0 Å². The van der Waals surface area contributed by atoms with Gasteiger partial charge in [-0.2, -0.15) is 0 Å². The largest absolute Gasteiger partial charge is 0.411 e. The van der Waals surface area contributed by atoms with Crippen LogP contribution in [0.25, 0.3) is 27.5 Å². The van der Waals surface area contributed by atoms with Crippen molar-refractivity contribution in [2.45, 2.75) is 0 Å². The first kappa shape index (κ1) is 15.9. The van der Waals surface area contributed by atoms with Crippen molar-refractivity contribution >= 4 is 73.2 Å². The van der Waals surface area contributed by atoms with E-state index in [0.29, 0.717) is 0 Å². The average Bonchev–Trinajstić information content (AvgIpc) is 2.88. The van der Waals surface area contributed by atoms with Crippen molar-refractivity contribution < 1.29 is 5.21 Å². The van der Waals surface area contributed by atoms with E-state index in [-0.39, 0.29) is 0 Å². The summed E-state index contributed by atoms with van der Waals surface area (Å²) in [4.78, 5) is 0. The zero-order valence-electron chi connectivity index (χ0n) is 12.4. The summed E-state index contributed by atoms with van der Waals surface area (Å²) in [6.07, 6.45) is 1.43. The van der Waals surface area contributed by atoms with Crippen molar-refractivity contribution in [2.75, 3.05) is 0 Å². The lowest BCUT2D eigenvalue weighted by molar-refractivity contribution is 0.322. The Morgan fingerprint density at radius 1 is 0.792 bits per heavy atom. The summed E-state index contributed by atoms with van der Waals surface area (Å²) in [5, 5.41) is 14.3. The van der Waals surface area contributed by atoms with Crippen LogP contribution in [0.5, 0.6) is 0 Å². The van der Waals surface area contributed by atoms with Crippen molar-refractivity contribution in [3.8, 4) is 5.69 Å². The predicted octanol–water partition coefficient (Wildman–Crippen LogP) is 5.80. The highest BCUT2D eigenvalue weighted by Crippen LogP contribution is 2.33. The van der Waals surface area contributed by atoms with Crippen LogP contribution in [0.2, 0.25) is 0 Å². The number of nitrogens with zero attached hydrogens (tertiary/aromatic N) is 2. The molecule has 0 aliphatic carbocycles. The maximum Gasteiger partial charge on any atom is 0.0733 e. The van der Waals surface area contributed by atoms with Gasteiger partial charge in [0.15, 0.2) is 0 Å². The average molecular weight is 538 g/mol.